The average Bonchev–Trinajstić information content (AvgIpc) is 3.29. The highest BCUT2D eigenvalue weighted by Gasteiger charge is 2.24. The SMILES string of the molecule is C[C@@H](Cc1ccc(CNC(=O)c2cccc(N(C)C(=O)CCN3CCC(OC(=O)Nc4ccccc4-c4ccccc4)CC3)c2)cc1)NCCc1ccc(O)c2[nH]c(=O)ccc12. The lowest BCUT2D eigenvalue weighted by molar-refractivity contribution is -0.118. The van der Waals surface area contributed by atoms with E-state index in [9.17, 15) is 24.3 Å². The molecule has 0 unspecified atom stereocenters. The van der Waals surface area contributed by atoms with E-state index in [0.29, 0.717) is 54.8 Å². The Kier molecular flexibility index (Phi) is 14.4. The van der Waals surface area contributed by atoms with Crippen molar-refractivity contribution in [3.8, 4) is 16.9 Å². The van der Waals surface area contributed by atoms with Crippen LogP contribution in [-0.2, 0) is 28.9 Å². The molecule has 1 aromatic heterocycles. The Labute approximate surface area is 361 Å². The summed E-state index contributed by atoms with van der Waals surface area (Å²) in [5.41, 5.74) is 7.17. The number of aromatic hydroxyl groups is 1. The Balaban J connectivity index is 0.803. The highest BCUT2D eigenvalue weighted by atomic mass is 16.6. The van der Waals surface area contributed by atoms with E-state index in [4.69, 9.17) is 4.74 Å². The Hall–Kier alpha value is -6.76. The first-order valence-corrected chi connectivity index (χ1v) is 21.2. The number of hydrogen-bond donors (Lipinski definition) is 5. The number of carbonyl (C=O) groups excluding carboxylic acids is 3. The first-order chi connectivity index (χ1) is 30.1. The number of phenolic OH excluding ortho intramolecular Hbond substituents is 1. The van der Waals surface area contributed by atoms with Crippen molar-refractivity contribution in [3.05, 3.63) is 160 Å². The quantitative estimate of drug-likeness (QED) is 0.0666. The molecule has 1 saturated heterocycles. The number of amides is 3. The Bertz CT molecular complexity index is 2530. The summed E-state index contributed by atoms with van der Waals surface area (Å²) in [4.78, 5) is 57.5. The number of para-hydroxylation sites is 1. The zero-order chi connectivity index (χ0) is 43.4. The van der Waals surface area contributed by atoms with E-state index in [2.05, 4.69) is 44.9 Å². The van der Waals surface area contributed by atoms with E-state index < -0.39 is 6.09 Å². The number of benzene rings is 5. The number of carbonyl (C=O) groups is 3. The van der Waals surface area contributed by atoms with E-state index in [1.54, 1.807) is 42.3 Å². The summed E-state index contributed by atoms with van der Waals surface area (Å²) in [6, 6.07) is 39.8. The van der Waals surface area contributed by atoms with Crippen LogP contribution in [0.3, 0.4) is 0 Å². The topological polar surface area (TPSA) is 156 Å². The molecule has 1 atom stereocenters. The van der Waals surface area contributed by atoms with Gasteiger partial charge in [-0.15, -0.1) is 0 Å². The van der Waals surface area contributed by atoms with Crippen LogP contribution in [0.15, 0.2) is 132 Å². The molecule has 62 heavy (non-hydrogen) atoms. The largest absolute Gasteiger partial charge is 0.506 e. The molecular weight excluding hydrogens is 781 g/mol. The van der Waals surface area contributed by atoms with Crippen molar-refractivity contribution in [1.29, 1.82) is 0 Å². The molecule has 0 aliphatic carbocycles. The van der Waals surface area contributed by atoms with Crippen molar-refractivity contribution in [2.24, 2.45) is 0 Å². The summed E-state index contributed by atoms with van der Waals surface area (Å²) in [5.74, 6) is -0.208. The molecular formula is C50H54N6O6. The van der Waals surface area contributed by atoms with Crippen LogP contribution >= 0.6 is 0 Å². The minimum atomic E-state index is -0.472. The van der Waals surface area contributed by atoms with E-state index in [0.717, 1.165) is 60.1 Å². The number of H-pyrrole nitrogens is 1. The number of pyridine rings is 1. The Morgan fingerprint density at radius 3 is 2.40 bits per heavy atom. The second kappa shape index (κ2) is 20.7. The molecule has 3 amide bonds. The summed E-state index contributed by atoms with van der Waals surface area (Å²) in [7, 11) is 1.73. The molecule has 0 spiro atoms. The van der Waals surface area contributed by atoms with Crippen molar-refractivity contribution >= 4 is 40.2 Å². The lowest BCUT2D eigenvalue weighted by Crippen LogP contribution is -2.40. The number of hydrogen-bond acceptors (Lipinski definition) is 8. The Morgan fingerprint density at radius 1 is 0.871 bits per heavy atom. The molecule has 6 aromatic rings. The van der Waals surface area contributed by atoms with Gasteiger partial charge in [-0.1, -0.05) is 84.9 Å². The fourth-order valence-electron chi connectivity index (χ4n) is 7.90. The van der Waals surface area contributed by atoms with E-state index in [-0.39, 0.29) is 35.3 Å². The third-order valence-corrected chi connectivity index (χ3v) is 11.4. The van der Waals surface area contributed by atoms with Gasteiger partial charge < -0.3 is 35.3 Å². The van der Waals surface area contributed by atoms with E-state index >= 15 is 0 Å². The normalized spacial score (nSPS) is 13.6. The maximum Gasteiger partial charge on any atom is 0.411 e. The predicted molar refractivity (Wildman–Crippen MR) is 245 cm³/mol. The van der Waals surface area contributed by atoms with Crippen LogP contribution in [0.4, 0.5) is 16.2 Å². The first kappa shape index (κ1) is 43.3. The van der Waals surface area contributed by atoms with Gasteiger partial charge in [-0.25, -0.2) is 4.79 Å². The van der Waals surface area contributed by atoms with Gasteiger partial charge >= 0.3 is 6.09 Å². The summed E-state index contributed by atoms with van der Waals surface area (Å²) in [6.45, 7) is 5.27. The molecule has 5 aromatic carbocycles. The number of nitrogens with one attached hydrogen (secondary N) is 4. The smallest absolute Gasteiger partial charge is 0.411 e. The summed E-state index contributed by atoms with van der Waals surface area (Å²) in [6.07, 6.45) is 2.59. The maximum absolute atomic E-state index is 13.3. The Morgan fingerprint density at radius 2 is 1.61 bits per heavy atom. The molecule has 320 valence electrons. The maximum atomic E-state index is 13.3. The summed E-state index contributed by atoms with van der Waals surface area (Å²) in [5, 5.41) is 20.5. The van der Waals surface area contributed by atoms with E-state index in [1.165, 1.54) is 11.6 Å². The molecule has 12 nitrogen and oxygen atoms in total. The van der Waals surface area contributed by atoms with Crippen LogP contribution in [0, 0.1) is 0 Å². The van der Waals surface area contributed by atoms with Crippen molar-refractivity contribution in [2.45, 2.75) is 57.7 Å². The number of piperidine rings is 1. The molecule has 2 heterocycles. The number of nitrogens with zero attached hydrogens (tertiary/aromatic N) is 2. The number of likely N-dealkylation sites (tertiary alicyclic amines) is 1. The minimum absolute atomic E-state index is 0.0495. The van der Waals surface area contributed by atoms with Gasteiger partial charge in [-0.2, -0.15) is 0 Å². The number of ether oxygens (including phenoxy) is 1. The lowest BCUT2D eigenvalue weighted by atomic mass is 10.0. The number of aromatic nitrogens is 1. The zero-order valence-electron chi connectivity index (χ0n) is 35.2. The highest BCUT2D eigenvalue weighted by molar-refractivity contribution is 5.98. The summed E-state index contributed by atoms with van der Waals surface area (Å²) < 4.78 is 5.78. The number of phenols is 1. The van der Waals surface area contributed by atoms with Gasteiger partial charge in [0.25, 0.3) is 5.91 Å². The van der Waals surface area contributed by atoms with Gasteiger partial charge in [0.15, 0.2) is 0 Å². The van der Waals surface area contributed by atoms with Gasteiger partial charge in [0.1, 0.15) is 11.9 Å². The van der Waals surface area contributed by atoms with Crippen LogP contribution < -0.4 is 26.4 Å². The van der Waals surface area contributed by atoms with Crippen molar-refractivity contribution < 1.29 is 24.2 Å². The number of fused-ring (bicyclic) bond motifs is 1. The van der Waals surface area contributed by atoms with Crippen LogP contribution in [0.5, 0.6) is 5.75 Å². The van der Waals surface area contributed by atoms with Gasteiger partial charge in [-0.05, 0) is 97.8 Å². The molecule has 5 N–H and O–H groups in total. The third kappa shape index (κ3) is 11.5. The second-order valence-corrected chi connectivity index (χ2v) is 15.9. The monoisotopic (exact) mass is 834 g/mol. The zero-order valence-corrected chi connectivity index (χ0v) is 35.2. The molecule has 1 aliphatic heterocycles. The number of aromatic amines is 1. The predicted octanol–water partition coefficient (Wildman–Crippen LogP) is 7.66. The standard InChI is InChI=1S/C50H54N6O6/c1-34(51-27-23-38-19-21-45(57)48-43(38)20-22-46(58)54-48)31-35-15-17-36(18-16-35)33-52-49(60)39-11-8-12-40(32-39)55(2)47(59)26-30-56-28-24-41(25-29-56)62-50(61)53-44-14-7-6-13-42(44)37-9-4-3-5-10-37/h3-22,32,34,41,51,57H,23-31,33H2,1-2H3,(H,52,60)(H,53,61)(H,54,58)/t34-/m0/s1. The van der Waals surface area contributed by atoms with Crippen molar-refractivity contribution in [3.63, 3.8) is 0 Å². The van der Waals surface area contributed by atoms with E-state index in [1.807, 2.05) is 78.9 Å². The molecule has 12 heteroatoms. The van der Waals surface area contributed by atoms with Gasteiger partial charge in [0, 0.05) is 74.0 Å². The number of rotatable bonds is 16. The molecule has 0 bridgehead atoms. The fraction of sp³-hybridized carbons (Fsp3) is 0.280. The van der Waals surface area contributed by atoms with Crippen LogP contribution in [-0.4, -0.2) is 78.3 Å². The highest BCUT2D eigenvalue weighted by Crippen LogP contribution is 2.28. The molecule has 0 radical (unpaired) electrons. The molecule has 1 fully saturated rings. The van der Waals surface area contributed by atoms with Gasteiger partial charge in [-0.3, -0.25) is 19.7 Å². The third-order valence-electron chi connectivity index (χ3n) is 11.4. The summed E-state index contributed by atoms with van der Waals surface area (Å²) >= 11 is 0. The van der Waals surface area contributed by atoms with Crippen molar-refractivity contribution in [2.75, 3.05) is 43.4 Å². The van der Waals surface area contributed by atoms with Crippen molar-refractivity contribution in [1.82, 2.24) is 20.5 Å². The van der Waals surface area contributed by atoms with Gasteiger partial charge in [0.2, 0.25) is 11.5 Å². The second-order valence-electron chi connectivity index (χ2n) is 15.9. The lowest BCUT2D eigenvalue weighted by Gasteiger charge is -2.31. The average molecular weight is 835 g/mol. The fourth-order valence-corrected chi connectivity index (χ4v) is 7.90. The van der Waals surface area contributed by atoms with Crippen LogP contribution in [0.2, 0.25) is 0 Å². The molecule has 1 aliphatic rings. The van der Waals surface area contributed by atoms with Crippen LogP contribution in [0.1, 0.15) is 53.2 Å². The first-order valence-electron chi connectivity index (χ1n) is 21.2. The van der Waals surface area contributed by atoms with Crippen LogP contribution in [0.25, 0.3) is 22.0 Å². The van der Waals surface area contributed by atoms with Gasteiger partial charge in [0.05, 0.1) is 11.2 Å². The molecule has 0 saturated carbocycles. The minimum Gasteiger partial charge on any atom is -0.506 e. The number of anilines is 2. The molecule has 7 rings (SSSR count).